The highest BCUT2D eigenvalue weighted by atomic mass is 16.6. The summed E-state index contributed by atoms with van der Waals surface area (Å²) in [7, 11) is 0. The van der Waals surface area contributed by atoms with Crippen LogP contribution < -0.4 is 16.4 Å². The van der Waals surface area contributed by atoms with E-state index in [9.17, 15) is 14.9 Å². The second-order valence-corrected chi connectivity index (χ2v) is 3.98. The molecule has 8 heteroatoms. The number of nitro groups is 1. The monoisotopic (exact) mass is 282 g/mol. The van der Waals surface area contributed by atoms with Gasteiger partial charge in [-0.15, -0.1) is 0 Å². The second-order valence-electron chi connectivity index (χ2n) is 3.98. The van der Waals surface area contributed by atoms with Crippen LogP contribution in [0.15, 0.2) is 18.2 Å². The van der Waals surface area contributed by atoms with Gasteiger partial charge in [0.2, 0.25) is 0 Å². The molecule has 0 unspecified atom stereocenters. The van der Waals surface area contributed by atoms with Crippen molar-refractivity contribution in [2.75, 3.05) is 30.3 Å². The van der Waals surface area contributed by atoms with E-state index >= 15 is 0 Å². The zero-order chi connectivity index (χ0) is 15.0. The van der Waals surface area contributed by atoms with Gasteiger partial charge in [-0.2, -0.15) is 0 Å². The lowest BCUT2D eigenvalue weighted by Crippen LogP contribution is -2.18. The molecule has 110 valence electrons. The number of hydrogen-bond donors (Lipinski definition) is 3. The molecular weight excluding hydrogens is 264 g/mol. The summed E-state index contributed by atoms with van der Waals surface area (Å²) < 4.78 is 4.55. The van der Waals surface area contributed by atoms with Gasteiger partial charge in [0.1, 0.15) is 18.0 Å². The van der Waals surface area contributed by atoms with Crippen LogP contribution in [-0.4, -0.2) is 30.7 Å². The molecule has 0 aliphatic heterocycles. The van der Waals surface area contributed by atoms with Crippen molar-refractivity contribution >= 4 is 23.2 Å². The molecule has 0 aliphatic carbocycles. The maximum Gasteiger partial charge on any atom is 0.404 e. The van der Waals surface area contributed by atoms with Crippen molar-refractivity contribution < 1.29 is 14.5 Å². The van der Waals surface area contributed by atoms with Crippen LogP contribution in [0.25, 0.3) is 0 Å². The van der Waals surface area contributed by atoms with Crippen LogP contribution >= 0.6 is 0 Å². The fourth-order valence-corrected chi connectivity index (χ4v) is 1.62. The molecule has 0 spiro atoms. The molecule has 0 atom stereocenters. The van der Waals surface area contributed by atoms with Gasteiger partial charge < -0.3 is 21.1 Å². The highest BCUT2D eigenvalue weighted by Crippen LogP contribution is 2.32. The zero-order valence-electron chi connectivity index (χ0n) is 11.2. The Bertz CT molecular complexity index is 479. The van der Waals surface area contributed by atoms with Gasteiger partial charge in [-0.1, -0.05) is 13.0 Å². The minimum Gasteiger partial charge on any atom is -0.448 e. The molecule has 0 fully saturated rings. The number of amides is 1. The molecule has 0 aromatic heterocycles. The van der Waals surface area contributed by atoms with Crippen molar-refractivity contribution in [2.45, 2.75) is 13.3 Å². The quantitative estimate of drug-likeness (QED) is 0.380. The largest absolute Gasteiger partial charge is 0.448 e. The standard InChI is InChI=1S/C12H18N4O4/c1-2-6-14-9-4-3-5-10(11(9)16(18)19)15-7-8-20-12(13)17/h3-5,14-15H,2,6-8H2,1H3,(H2,13,17). The van der Waals surface area contributed by atoms with Crippen LogP contribution in [0.1, 0.15) is 13.3 Å². The molecule has 0 bridgehead atoms. The average molecular weight is 282 g/mol. The van der Waals surface area contributed by atoms with E-state index in [4.69, 9.17) is 5.73 Å². The number of hydrogen-bond acceptors (Lipinski definition) is 6. The van der Waals surface area contributed by atoms with E-state index in [1.54, 1.807) is 18.2 Å². The summed E-state index contributed by atoms with van der Waals surface area (Å²) in [6, 6.07) is 4.96. The Morgan fingerprint density at radius 1 is 1.35 bits per heavy atom. The second kappa shape index (κ2) is 7.82. The predicted octanol–water partition coefficient (Wildman–Crippen LogP) is 1.92. The summed E-state index contributed by atoms with van der Waals surface area (Å²) in [6.07, 6.45) is -0.0129. The Kier molecular flexibility index (Phi) is 6.08. The highest BCUT2D eigenvalue weighted by Gasteiger charge is 2.18. The van der Waals surface area contributed by atoms with Crippen LogP contribution in [0.5, 0.6) is 0 Å². The zero-order valence-corrected chi connectivity index (χ0v) is 11.2. The number of benzene rings is 1. The molecule has 1 aromatic rings. The van der Waals surface area contributed by atoms with Gasteiger partial charge >= 0.3 is 11.8 Å². The first-order chi connectivity index (χ1) is 9.56. The fraction of sp³-hybridized carbons (Fsp3) is 0.417. The molecule has 0 saturated carbocycles. The van der Waals surface area contributed by atoms with Crippen LogP contribution in [0.4, 0.5) is 21.9 Å². The number of anilines is 2. The van der Waals surface area contributed by atoms with Crippen molar-refractivity contribution in [1.29, 1.82) is 0 Å². The molecule has 8 nitrogen and oxygen atoms in total. The first kappa shape index (κ1) is 15.5. The van der Waals surface area contributed by atoms with E-state index in [1.165, 1.54) is 0 Å². The number of nitrogens with one attached hydrogen (secondary N) is 2. The average Bonchev–Trinajstić information content (AvgIpc) is 2.40. The first-order valence-electron chi connectivity index (χ1n) is 6.23. The van der Waals surface area contributed by atoms with Crippen molar-refractivity contribution in [1.82, 2.24) is 0 Å². The Morgan fingerprint density at radius 3 is 2.45 bits per heavy atom. The lowest BCUT2D eigenvalue weighted by molar-refractivity contribution is -0.383. The lowest BCUT2D eigenvalue weighted by Gasteiger charge is -2.11. The highest BCUT2D eigenvalue weighted by molar-refractivity contribution is 5.76. The van der Waals surface area contributed by atoms with Gasteiger partial charge in [0.15, 0.2) is 0 Å². The number of nitrogens with zero attached hydrogens (tertiary/aromatic N) is 1. The van der Waals surface area contributed by atoms with Crippen molar-refractivity contribution in [2.24, 2.45) is 5.73 Å². The van der Waals surface area contributed by atoms with E-state index in [0.717, 1.165) is 6.42 Å². The van der Waals surface area contributed by atoms with Gasteiger partial charge in [0, 0.05) is 13.1 Å². The summed E-state index contributed by atoms with van der Waals surface area (Å²) in [6.45, 7) is 2.90. The van der Waals surface area contributed by atoms with Crippen molar-refractivity contribution in [3.63, 3.8) is 0 Å². The maximum atomic E-state index is 11.2. The third-order valence-electron chi connectivity index (χ3n) is 2.45. The lowest BCUT2D eigenvalue weighted by atomic mass is 10.2. The Balaban J connectivity index is 2.78. The number of carbonyl (C=O) groups excluding carboxylic acids is 1. The SMILES string of the molecule is CCCNc1cccc(NCCOC(N)=O)c1[N+](=O)[O-]. The van der Waals surface area contributed by atoms with Crippen LogP contribution in [0.2, 0.25) is 0 Å². The number of ether oxygens (including phenoxy) is 1. The van der Waals surface area contributed by atoms with Crippen LogP contribution in [0.3, 0.4) is 0 Å². The van der Waals surface area contributed by atoms with E-state index in [0.29, 0.717) is 17.9 Å². The number of para-hydroxylation sites is 1. The minimum atomic E-state index is -0.875. The summed E-state index contributed by atoms with van der Waals surface area (Å²) in [5.74, 6) is 0. The normalized spacial score (nSPS) is 9.85. The number of rotatable bonds is 8. The smallest absolute Gasteiger partial charge is 0.404 e. The number of nitrogens with two attached hydrogens (primary N) is 1. The Morgan fingerprint density at radius 2 is 1.95 bits per heavy atom. The van der Waals surface area contributed by atoms with E-state index in [2.05, 4.69) is 15.4 Å². The maximum absolute atomic E-state index is 11.2. The molecular formula is C12H18N4O4. The van der Waals surface area contributed by atoms with Gasteiger partial charge in [-0.25, -0.2) is 4.79 Å². The number of carbonyl (C=O) groups is 1. The molecule has 1 rings (SSSR count). The minimum absolute atomic E-state index is 0.0278. The van der Waals surface area contributed by atoms with E-state index < -0.39 is 11.0 Å². The fourth-order valence-electron chi connectivity index (χ4n) is 1.62. The topological polar surface area (TPSA) is 120 Å². The number of primary amides is 1. The predicted molar refractivity (Wildman–Crippen MR) is 75.9 cm³/mol. The van der Waals surface area contributed by atoms with Gasteiger partial charge in [-0.05, 0) is 18.6 Å². The van der Waals surface area contributed by atoms with Crippen molar-refractivity contribution in [3.8, 4) is 0 Å². The third kappa shape index (κ3) is 4.63. The van der Waals surface area contributed by atoms with Crippen molar-refractivity contribution in [3.05, 3.63) is 28.3 Å². The molecule has 1 amide bonds. The number of nitro benzene ring substituents is 1. The molecule has 0 aliphatic rings. The van der Waals surface area contributed by atoms with Crippen LogP contribution in [-0.2, 0) is 4.74 Å². The summed E-state index contributed by atoms with van der Waals surface area (Å²) in [5.41, 5.74) is 5.62. The molecule has 0 saturated heterocycles. The molecule has 1 aromatic carbocycles. The molecule has 0 radical (unpaired) electrons. The Labute approximate surface area is 116 Å². The summed E-state index contributed by atoms with van der Waals surface area (Å²) >= 11 is 0. The Hall–Kier alpha value is -2.51. The molecule has 20 heavy (non-hydrogen) atoms. The van der Waals surface area contributed by atoms with E-state index in [1.807, 2.05) is 6.92 Å². The van der Waals surface area contributed by atoms with Gasteiger partial charge in [0.05, 0.1) is 4.92 Å². The third-order valence-corrected chi connectivity index (χ3v) is 2.45. The first-order valence-corrected chi connectivity index (χ1v) is 6.23. The van der Waals surface area contributed by atoms with E-state index in [-0.39, 0.29) is 18.8 Å². The summed E-state index contributed by atoms with van der Waals surface area (Å²) in [4.78, 5) is 21.1. The van der Waals surface area contributed by atoms with Gasteiger partial charge in [-0.3, -0.25) is 10.1 Å². The van der Waals surface area contributed by atoms with Crippen LogP contribution in [0, 0.1) is 10.1 Å². The molecule has 4 N–H and O–H groups in total. The summed E-state index contributed by atoms with van der Waals surface area (Å²) in [5, 5.41) is 17.0. The molecule has 0 heterocycles. The van der Waals surface area contributed by atoms with Gasteiger partial charge in [0.25, 0.3) is 0 Å².